The van der Waals surface area contributed by atoms with Gasteiger partial charge in [-0.1, -0.05) is 22.7 Å². The van der Waals surface area contributed by atoms with Gasteiger partial charge in [0.05, 0.1) is 23.9 Å². The Hall–Kier alpha value is -2.23. The molecular formula is C16H17ClFN3O6S. The summed E-state index contributed by atoms with van der Waals surface area (Å²) in [5.41, 5.74) is -0.0694. The summed E-state index contributed by atoms with van der Waals surface area (Å²) in [5.74, 6) is 1.67. The summed E-state index contributed by atoms with van der Waals surface area (Å²) in [5, 5.41) is 9.17. The SMILES string of the molecule is C#CCOc1cc(N(CC)C(=O)SN2COCCN2OC(=O)O)c(F)cc1Cl. The number of carbonyl (C=O) groups excluding carboxylic acids is 1. The summed E-state index contributed by atoms with van der Waals surface area (Å²) in [6, 6.07) is 2.29. The zero-order valence-corrected chi connectivity index (χ0v) is 16.3. The number of rotatable bonds is 6. The van der Waals surface area contributed by atoms with Gasteiger partial charge in [-0.05, 0) is 13.0 Å². The molecule has 1 amide bonds. The average molecular weight is 434 g/mol. The van der Waals surface area contributed by atoms with Crippen molar-refractivity contribution >= 4 is 40.6 Å². The molecule has 0 spiro atoms. The third-order valence-electron chi connectivity index (χ3n) is 3.38. The second kappa shape index (κ2) is 10.4. The second-order valence-corrected chi connectivity index (χ2v) is 6.51. The number of carbonyl (C=O) groups is 2. The Balaban J connectivity index is 2.20. The Morgan fingerprint density at radius 3 is 2.93 bits per heavy atom. The predicted molar refractivity (Wildman–Crippen MR) is 100 cm³/mol. The predicted octanol–water partition coefficient (Wildman–Crippen LogP) is 3.20. The van der Waals surface area contributed by atoms with E-state index in [1.165, 1.54) is 10.5 Å². The van der Waals surface area contributed by atoms with Gasteiger partial charge in [0.25, 0.3) is 0 Å². The highest BCUT2D eigenvalue weighted by molar-refractivity contribution is 8.11. The Morgan fingerprint density at radius 2 is 2.29 bits per heavy atom. The molecule has 0 atom stereocenters. The summed E-state index contributed by atoms with van der Waals surface area (Å²) >= 11 is 6.54. The average Bonchev–Trinajstić information content (AvgIpc) is 2.64. The first-order valence-electron chi connectivity index (χ1n) is 7.95. The molecule has 0 saturated carbocycles. The van der Waals surface area contributed by atoms with Crippen LogP contribution in [0, 0.1) is 18.2 Å². The lowest BCUT2D eigenvalue weighted by Gasteiger charge is -2.34. The van der Waals surface area contributed by atoms with E-state index in [9.17, 15) is 14.0 Å². The molecule has 9 nitrogen and oxygen atoms in total. The largest absolute Gasteiger partial charge is 0.526 e. The van der Waals surface area contributed by atoms with E-state index >= 15 is 0 Å². The molecule has 1 aromatic rings. The van der Waals surface area contributed by atoms with Gasteiger partial charge in [0.1, 0.15) is 24.9 Å². The number of anilines is 1. The summed E-state index contributed by atoms with van der Waals surface area (Å²) in [6.45, 7) is 1.91. The van der Waals surface area contributed by atoms with Crippen molar-refractivity contribution in [2.45, 2.75) is 6.92 Å². The van der Waals surface area contributed by atoms with Crippen molar-refractivity contribution in [3.63, 3.8) is 0 Å². The van der Waals surface area contributed by atoms with Gasteiger partial charge >= 0.3 is 11.4 Å². The smallest absolute Gasteiger partial charge is 0.479 e. The number of ether oxygens (including phenoxy) is 2. The molecule has 1 aromatic carbocycles. The standard InChI is InChI=1S/C16H17ClFN3O6S/c1-3-6-26-14-9-13(12(18)8-11(14)17)19(4-2)15(22)28-21-10-25-7-5-20(21)27-16(23)24/h1,8-9H,4-7,10H2,2H3,(H,23,24). The van der Waals surface area contributed by atoms with Crippen LogP contribution >= 0.6 is 23.5 Å². The maximum atomic E-state index is 14.4. The fourth-order valence-corrected chi connectivity index (χ4v) is 3.25. The number of amides is 1. The number of benzene rings is 1. The van der Waals surface area contributed by atoms with Crippen molar-refractivity contribution in [2.24, 2.45) is 0 Å². The summed E-state index contributed by atoms with van der Waals surface area (Å²) in [7, 11) is 0. The van der Waals surface area contributed by atoms with Gasteiger partial charge in [-0.3, -0.25) is 9.69 Å². The lowest BCUT2D eigenvalue weighted by Crippen LogP contribution is -2.48. The fourth-order valence-electron chi connectivity index (χ4n) is 2.21. The number of hydroxylamine groups is 1. The van der Waals surface area contributed by atoms with E-state index in [2.05, 4.69) is 10.8 Å². The molecule has 28 heavy (non-hydrogen) atoms. The minimum Gasteiger partial charge on any atom is -0.479 e. The lowest BCUT2D eigenvalue weighted by molar-refractivity contribution is -0.262. The maximum absolute atomic E-state index is 14.4. The van der Waals surface area contributed by atoms with Crippen LogP contribution in [0.5, 0.6) is 5.75 Å². The molecule has 0 aromatic heterocycles. The number of carboxylic acid groups (broad SMARTS) is 1. The zero-order chi connectivity index (χ0) is 20.7. The topological polar surface area (TPSA) is 91.8 Å². The van der Waals surface area contributed by atoms with Gasteiger partial charge in [-0.15, -0.1) is 10.8 Å². The highest BCUT2D eigenvalue weighted by Crippen LogP contribution is 2.34. The van der Waals surface area contributed by atoms with Gasteiger partial charge < -0.3 is 19.4 Å². The quantitative estimate of drug-likeness (QED) is 0.536. The highest BCUT2D eigenvalue weighted by atomic mass is 35.5. The van der Waals surface area contributed by atoms with Crippen LogP contribution in [0.4, 0.5) is 19.7 Å². The van der Waals surface area contributed by atoms with Crippen LogP contribution in [-0.4, -0.2) is 59.1 Å². The first-order chi connectivity index (χ1) is 13.4. The first-order valence-corrected chi connectivity index (χ1v) is 9.10. The first kappa shape index (κ1) is 22.1. The van der Waals surface area contributed by atoms with Crippen LogP contribution in [0.2, 0.25) is 5.02 Å². The fraction of sp³-hybridized carbons (Fsp3) is 0.375. The number of hydrazine groups is 1. The number of nitrogens with zero attached hydrogens (tertiary/aromatic N) is 3. The molecule has 1 saturated heterocycles. The Labute approximate surface area is 169 Å². The van der Waals surface area contributed by atoms with E-state index in [0.717, 1.165) is 16.1 Å². The highest BCUT2D eigenvalue weighted by Gasteiger charge is 2.30. The molecule has 1 N–H and O–H groups in total. The van der Waals surface area contributed by atoms with E-state index in [-0.39, 0.29) is 49.5 Å². The van der Waals surface area contributed by atoms with E-state index in [0.29, 0.717) is 11.9 Å². The number of hydrogen-bond acceptors (Lipinski definition) is 8. The molecule has 1 fully saturated rings. The van der Waals surface area contributed by atoms with Gasteiger partial charge in [0.2, 0.25) is 0 Å². The lowest BCUT2D eigenvalue weighted by atomic mass is 10.2. The van der Waals surface area contributed by atoms with E-state index in [1.54, 1.807) is 6.92 Å². The van der Waals surface area contributed by atoms with Crippen LogP contribution < -0.4 is 9.64 Å². The Morgan fingerprint density at radius 1 is 1.54 bits per heavy atom. The molecule has 0 unspecified atom stereocenters. The van der Waals surface area contributed by atoms with Crippen molar-refractivity contribution in [2.75, 3.05) is 37.9 Å². The second-order valence-electron chi connectivity index (χ2n) is 5.15. The Kier molecular flexibility index (Phi) is 8.16. The van der Waals surface area contributed by atoms with Crippen molar-refractivity contribution in [3.8, 4) is 18.1 Å². The molecule has 1 aliphatic rings. The van der Waals surface area contributed by atoms with Crippen LogP contribution in [0.25, 0.3) is 0 Å². The van der Waals surface area contributed by atoms with Gasteiger partial charge in [0, 0.05) is 24.6 Å². The van der Waals surface area contributed by atoms with Crippen LogP contribution in [-0.2, 0) is 9.57 Å². The zero-order valence-electron chi connectivity index (χ0n) is 14.8. The van der Waals surface area contributed by atoms with Crippen LogP contribution in [0.3, 0.4) is 0 Å². The van der Waals surface area contributed by atoms with Crippen molar-refractivity contribution in [1.29, 1.82) is 0 Å². The van der Waals surface area contributed by atoms with Crippen LogP contribution in [0.15, 0.2) is 12.1 Å². The molecule has 152 valence electrons. The summed E-state index contributed by atoms with van der Waals surface area (Å²) in [4.78, 5) is 29.2. The molecule has 0 bridgehead atoms. The third-order valence-corrected chi connectivity index (χ3v) is 4.55. The minimum atomic E-state index is -1.54. The number of hydrogen-bond donors (Lipinski definition) is 1. The molecular weight excluding hydrogens is 417 g/mol. The van der Waals surface area contributed by atoms with E-state index < -0.39 is 17.2 Å². The monoisotopic (exact) mass is 433 g/mol. The summed E-state index contributed by atoms with van der Waals surface area (Å²) < 4.78 is 26.1. The van der Waals surface area contributed by atoms with E-state index in [4.69, 9.17) is 32.6 Å². The van der Waals surface area contributed by atoms with Gasteiger partial charge in [-0.2, -0.15) is 0 Å². The molecule has 0 radical (unpaired) electrons. The normalized spacial score (nSPS) is 14.9. The third kappa shape index (κ3) is 5.63. The molecule has 12 heteroatoms. The molecule has 1 aliphatic heterocycles. The van der Waals surface area contributed by atoms with Gasteiger partial charge in [-0.25, -0.2) is 9.18 Å². The maximum Gasteiger partial charge on any atom is 0.526 e. The van der Waals surface area contributed by atoms with Gasteiger partial charge in [0.15, 0.2) is 0 Å². The Bertz CT molecular complexity index is 777. The van der Waals surface area contributed by atoms with E-state index in [1.807, 2.05) is 0 Å². The summed E-state index contributed by atoms with van der Waals surface area (Å²) in [6.07, 6.45) is 3.61. The molecule has 2 rings (SSSR count). The van der Waals surface area contributed by atoms with Crippen LogP contribution in [0.1, 0.15) is 6.92 Å². The van der Waals surface area contributed by atoms with Crippen molar-refractivity contribution < 1.29 is 33.4 Å². The molecule has 1 heterocycles. The number of terminal acetylenes is 1. The molecule has 0 aliphatic carbocycles. The minimum absolute atomic E-state index is 0.0121. The van der Waals surface area contributed by atoms with Crippen molar-refractivity contribution in [1.82, 2.24) is 9.59 Å². The van der Waals surface area contributed by atoms with Crippen molar-refractivity contribution in [3.05, 3.63) is 23.0 Å². The number of halogens is 2.